The number of likely N-dealkylation sites (tertiary alicyclic amines) is 2. The maximum atomic E-state index is 12.5. The normalized spacial score (nSPS) is 25.6. The summed E-state index contributed by atoms with van der Waals surface area (Å²) in [6.07, 6.45) is 1.79. The van der Waals surface area contributed by atoms with Gasteiger partial charge < -0.3 is 9.80 Å². The van der Waals surface area contributed by atoms with Gasteiger partial charge in [-0.25, -0.2) is 0 Å². The van der Waals surface area contributed by atoms with Crippen LogP contribution in [-0.4, -0.2) is 48.4 Å². The lowest BCUT2D eigenvalue weighted by molar-refractivity contribution is -0.129. The molecule has 114 valence electrons. The van der Waals surface area contributed by atoms with Crippen LogP contribution in [0.3, 0.4) is 0 Å². The first kappa shape index (κ1) is 14.6. The van der Waals surface area contributed by atoms with Crippen molar-refractivity contribution in [2.75, 3.05) is 26.7 Å². The van der Waals surface area contributed by atoms with Gasteiger partial charge in [-0.05, 0) is 43.0 Å². The molecule has 0 spiro atoms. The largest absolute Gasteiger partial charge is 0.340 e. The van der Waals surface area contributed by atoms with Gasteiger partial charge in [0.25, 0.3) is 0 Å². The van der Waals surface area contributed by atoms with Crippen LogP contribution < -0.4 is 0 Å². The van der Waals surface area contributed by atoms with Crippen LogP contribution in [0.15, 0.2) is 24.3 Å². The summed E-state index contributed by atoms with van der Waals surface area (Å²) in [5.41, 5.74) is 2.47. The number of carbonyl (C=O) groups is 1. The van der Waals surface area contributed by atoms with Gasteiger partial charge in [0, 0.05) is 19.1 Å². The van der Waals surface area contributed by atoms with E-state index in [-0.39, 0.29) is 5.91 Å². The number of fused-ring (bicyclic) bond motifs is 1. The summed E-state index contributed by atoms with van der Waals surface area (Å²) in [6, 6.07) is 9.11. The highest BCUT2D eigenvalue weighted by Gasteiger charge is 2.40. The van der Waals surface area contributed by atoms with E-state index in [2.05, 4.69) is 55.0 Å². The Hall–Kier alpha value is -1.35. The van der Waals surface area contributed by atoms with Gasteiger partial charge in [-0.2, -0.15) is 0 Å². The van der Waals surface area contributed by atoms with E-state index < -0.39 is 0 Å². The van der Waals surface area contributed by atoms with E-state index in [4.69, 9.17) is 0 Å². The first-order chi connectivity index (χ1) is 10.0. The second kappa shape index (κ2) is 5.80. The van der Waals surface area contributed by atoms with Gasteiger partial charge >= 0.3 is 0 Å². The minimum absolute atomic E-state index is 0.287. The first-order valence-electron chi connectivity index (χ1n) is 8.11. The van der Waals surface area contributed by atoms with Gasteiger partial charge in [-0.3, -0.25) is 4.79 Å². The van der Waals surface area contributed by atoms with Crippen LogP contribution >= 0.6 is 0 Å². The van der Waals surface area contributed by atoms with Gasteiger partial charge in [0.05, 0.1) is 6.42 Å². The number of rotatable bonds is 3. The highest BCUT2D eigenvalue weighted by molar-refractivity contribution is 5.79. The Morgan fingerprint density at radius 1 is 1.24 bits per heavy atom. The molecule has 0 unspecified atom stereocenters. The lowest BCUT2D eigenvalue weighted by Crippen LogP contribution is -2.35. The van der Waals surface area contributed by atoms with Crippen LogP contribution in [-0.2, 0) is 11.2 Å². The minimum Gasteiger partial charge on any atom is -0.340 e. The number of hydrogen-bond acceptors (Lipinski definition) is 2. The number of benzene rings is 1. The van der Waals surface area contributed by atoms with Crippen LogP contribution in [0.1, 0.15) is 37.3 Å². The molecule has 2 fully saturated rings. The molecule has 2 atom stereocenters. The van der Waals surface area contributed by atoms with Crippen molar-refractivity contribution in [3.8, 4) is 0 Å². The lowest BCUT2D eigenvalue weighted by Gasteiger charge is -2.21. The molecule has 0 radical (unpaired) electrons. The molecule has 2 heterocycles. The Morgan fingerprint density at radius 2 is 1.95 bits per heavy atom. The van der Waals surface area contributed by atoms with Crippen molar-refractivity contribution >= 4 is 5.91 Å². The number of hydrogen-bond donors (Lipinski definition) is 0. The van der Waals surface area contributed by atoms with Gasteiger partial charge in [-0.1, -0.05) is 38.1 Å². The molecule has 3 heteroatoms. The molecule has 2 aliphatic heterocycles. The monoisotopic (exact) mass is 286 g/mol. The van der Waals surface area contributed by atoms with Crippen molar-refractivity contribution in [2.45, 2.75) is 38.6 Å². The van der Waals surface area contributed by atoms with Gasteiger partial charge in [-0.15, -0.1) is 0 Å². The van der Waals surface area contributed by atoms with Crippen molar-refractivity contribution in [3.05, 3.63) is 35.4 Å². The average Bonchev–Trinajstić information content (AvgIpc) is 3.02. The molecular weight excluding hydrogens is 260 g/mol. The molecule has 3 nitrogen and oxygen atoms in total. The van der Waals surface area contributed by atoms with Crippen LogP contribution in [0, 0.1) is 5.92 Å². The molecule has 21 heavy (non-hydrogen) atoms. The zero-order chi connectivity index (χ0) is 15.0. The molecule has 2 aliphatic rings. The van der Waals surface area contributed by atoms with Gasteiger partial charge in [0.2, 0.25) is 5.91 Å². The average molecular weight is 286 g/mol. The standard InChI is InChI=1S/C18H26N2O/c1-13(2)15-6-4-14(5-7-15)10-18(21)20-11-16-8-9-19(3)17(16)12-20/h4-7,13,16-17H,8-12H2,1-3H3/t16-,17+/m1/s1. The molecule has 0 aliphatic carbocycles. The van der Waals surface area contributed by atoms with Crippen molar-refractivity contribution in [2.24, 2.45) is 5.92 Å². The zero-order valence-electron chi connectivity index (χ0n) is 13.4. The van der Waals surface area contributed by atoms with Crippen molar-refractivity contribution in [1.29, 1.82) is 0 Å². The molecule has 3 rings (SSSR count). The predicted octanol–water partition coefficient (Wildman–Crippen LogP) is 2.52. The fourth-order valence-corrected chi connectivity index (χ4v) is 3.68. The second-order valence-corrected chi connectivity index (χ2v) is 6.97. The Morgan fingerprint density at radius 3 is 2.57 bits per heavy atom. The number of carbonyl (C=O) groups excluding carboxylic acids is 1. The van der Waals surface area contributed by atoms with E-state index >= 15 is 0 Å². The smallest absolute Gasteiger partial charge is 0.227 e. The molecule has 0 N–H and O–H groups in total. The number of nitrogens with zero attached hydrogens (tertiary/aromatic N) is 2. The number of amides is 1. The molecule has 1 aromatic carbocycles. The maximum Gasteiger partial charge on any atom is 0.227 e. The van der Waals surface area contributed by atoms with Crippen LogP contribution in [0.25, 0.3) is 0 Å². The van der Waals surface area contributed by atoms with Crippen molar-refractivity contribution < 1.29 is 4.79 Å². The molecule has 0 saturated carbocycles. The van der Waals surface area contributed by atoms with Crippen LogP contribution in [0.5, 0.6) is 0 Å². The van der Waals surface area contributed by atoms with Gasteiger partial charge in [0.15, 0.2) is 0 Å². The third kappa shape index (κ3) is 2.98. The highest BCUT2D eigenvalue weighted by atomic mass is 16.2. The molecule has 2 saturated heterocycles. The van der Waals surface area contributed by atoms with Crippen molar-refractivity contribution in [1.82, 2.24) is 9.80 Å². The summed E-state index contributed by atoms with van der Waals surface area (Å²) in [5.74, 6) is 1.53. The highest BCUT2D eigenvalue weighted by Crippen LogP contribution is 2.30. The summed E-state index contributed by atoms with van der Waals surface area (Å²) in [6.45, 7) is 7.45. The van der Waals surface area contributed by atoms with E-state index in [1.807, 2.05) is 0 Å². The Bertz CT molecular complexity index is 508. The van der Waals surface area contributed by atoms with E-state index in [9.17, 15) is 4.79 Å². The van der Waals surface area contributed by atoms with Crippen LogP contribution in [0.4, 0.5) is 0 Å². The summed E-state index contributed by atoms with van der Waals surface area (Å²) in [5, 5.41) is 0. The Kier molecular flexibility index (Phi) is 4.03. The van der Waals surface area contributed by atoms with Crippen LogP contribution in [0.2, 0.25) is 0 Å². The van der Waals surface area contributed by atoms with E-state index in [0.29, 0.717) is 24.3 Å². The quantitative estimate of drug-likeness (QED) is 0.852. The molecular formula is C18H26N2O. The Balaban J connectivity index is 1.59. The van der Waals surface area contributed by atoms with Gasteiger partial charge in [0.1, 0.15) is 0 Å². The maximum absolute atomic E-state index is 12.5. The molecule has 1 amide bonds. The third-order valence-corrected chi connectivity index (χ3v) is 5.18. The van der Waals surface area contributed by atoms with E-state index in [1.54, 1.807) is 0 Å². The number of likely N-dealkylation sites (N-methyl/N-ethyl adjacent to an activating group) is 1. The molecule has 0 bridgehead atoms. The third-order valence-electron chi connectivity index (χ3n) is 5.18. The SMILES string of the molecule is CC(C)c1ccc(CC(=O)N2C[C@H]3CCN(C)[C@H]3C2)cc1. The molecule has 1 aromatic rings. The van der Waals surface area contributed by atoms with Crippen molar-refractivity contribution in [3.63, 3.8) is 0 Å². The fraction of sp³-hybridized carbons (Fsp3) is 0.611. The molecule has 0 aromatic heterocycles. The zero-order valence-corrected chi connectivity index (χ0v) is 13.4. The van der Waals surface area contributed by atoms with E-state index in [0.717, 1.165) is 18.7 Å². The predicted molar refractivity (Wildman–Crippen MR) is 85.3 cm³/mol. The summed E-state index contributed by atoms with van der Waals surface area (Å²) < 4.78 is 0. The topological polar surface area (TPSA) is 23.6 Å². The summed E-state index contributed by atoms with van der Waals surface area (Å²) in [4.78, 5) is 17.0. The first-order valence-corrected chi connectivity index (χ1v) is 8.11. The second-order valence-electron chi connectivity index (χ2n) is 6.97. The summed E-state index contributed by atoms with van der Waals surface area (Å²) >= 11 is 0. The minimum atomic E-state index is 0.287. The van der Waals surface area contributed by atoms with E-state index in [1.165, 1.54) is 18.5 Å². The fourth-order valence-electron chi connectivity index (χ4n) is 3.68. The Labute approximate surface area is 127 Å². The lowest BCUT2D eigenvalue weighted by atomic mass is 10.0. The summed E-state index contributed by atoms with van der Waals surface area (Å²) in [7, 11) is 2.18.